The molecule has 2 aliphatic heterocycles. The maximum absolute atomic E-state index is 2.69. The molecule has 2 rings (SSSR count). The van der Waals surface area contributed by atoms with E-state index < -0.39 is 0 Å². The number of nitrogens with zero attached hydrogens (tertiary/aromatic N) is 2. The Balaban J connectivity index is 0.000000461. The molecule has 84 valence electrons. The van der Waals surface area contributed by atoms with Crippen LogP contribution in [0.1, 0.15) is 40.0 Å². The number of rotatable bonds is 1. The molecule has 0 amide bonds. The molecular formula is C12H26N2. The van der Waals surface area contributed by atoms with Crippen molar-refractivity contribution in [3.8, 4) is 0 Å². The molecule has 0 aromatic carbocycles. The topological polar surface area (TPSA) is 6.48 Å². The van der Waals surface area contributed by atoms with Crippen LogP contribution in [0.3, 0.4) is 0 Å². The Hall–Kier alpha value is -0.0800. The van der Waals surface area contributed by atoms with Gasteiger partial charge >= 0.3 is 0 Å². The molecule has 0 aromatic heterocycles. The highest BCUT2D eigenvalue weighted by atomic mass is 15.3. The molecule has 2 saturated heterocycles. The molecule has 0 aromatic rings. The molecule has 1 unspecified atom stereocenters. The number of piperidine rings is 1. The minimum absolute atomic E-state index is 0.896. The van der Waals surface area contributed by atoms with Crippen LogP contribution in [0.4, 0.5) is 0 Å². The summed E-state index contributed by atoms with van der Waals surface area (Å²) in [5, 5.41) is 0. The maximum Gasteiger partial charge on any atom is 0.0223 e. The lowest BCUT2D eigenvalue weighted by Crippen LogP contribution is -2.54. The van der Waals surface area contributed by atoms with Crippen molar-refractivity contribution in [1.29, 1.82) is 0 Å². The standard InChI is InChI=1S/C10H20N2.C2H6/c1-2-11-7-8-12-6-4-3-5-10(12)9-11;1-2/h10H,2-9H2,1H3;1-2H3. The van der Waals surface area contributed by atoms with Gasteiger partial charge in [0.2, 0.25) is 0 Å². The predicted molar refractivity (Wildman–Crippen MR) is 62.7 cm³/mol. The van der Waals surface area contributed by atoms with Crippen LogP contribution in [0.2, 0.25) is 0 Å². The third kappa shape index (κ3) is 2.96. The molecule has 0 aliphatic carbocycles. The Morgan fingerprint density at radius 3 is 2.57 bits per heavy atom. The SMILES string of the molecule is CC.CCN1CCN2CCCCC2C1. The monoisotopic (exact) mass is 198 g/mol. The molecule has 0 saturated carbocycles. The van der Waals surface area contributed by atoms with E-state index in [-0.39, 0.29) is 0 Å². The van der Waals surface area contributed by atoms with Crippen molar-refractivity contribution in [2.75, 3.05) is 32.7 Å². The summed E-state index contributed by atoms with van der Waals surface area (Å²) in [4.78, 5) is 5.28. The minimum atomic E-state index is 0.896. The quantitative estimate of drug-likeness (QED) is 0.637. The molecule has 0 bridgehead atoms. The predicted octanol–water partition coefficient (Wildman–Crippen LogP) is 2.20. The van der Waals surface area contributed by atoms with Gasteiger partial charge in [-0.3, -0.25) is 4.90 Å². The van der Waals surface area contributed by atoms with Crippen LogP contribution >= 0.6 is 0 Å². The van der Waals surface area contributed by atoms with Gasteiger partial charge in [0.15, 0.2) is 0 Å². The molecule has 0 radical (unpaired) electrons. The van der Waals surface area contributed by atoms with Crippen molar-refractivity contribution < 1.29 is 0 Å². The first-order valence-electron chi connectivity index (χ1n) is 6.36. The van der Waals surface area contributed by atoms with Crippen molar-refractivity contribution in [2.24, 2.45) is 0 Å². The zero-order chi connectivity index (χ0) is 10.4. The number of likely N-dealkylation sites (N-methyl/N-ethyl adjacent to an activating group) is 1. The Bertz CT molecular complexity index is 147. The molecule has 1 atom stereocenters. The second kappa shape index (κ2) is 6.41. The molecule has 0 spiro atoms. The first-order chi connectivity index (χ1) is 6.90. The highest BCUT2D eigenvalue weighted by Crippen LogP contribution is 2.20. The summed E-state index contributed by atoms with van der Waals surface area (Å²) in [6.45, 7) is 12.8. The van der Waals surface area contributed by atoms with E-state index in [1.54, 1.807) is 0 Å². The van der Waals surface area contributed by atoms with Crippen LogP contribution in [0.25, 0.3) is 0 Å². The van der Waals surface area contributed by atoms with E-state index in [9.17, 15) is 0 Å². The molecule has 2 aliphatic rings. The number of hydrogen-bond donors (Lipinski definition) is 0. The van der Waals surface area contributed by atoms with Crippen LogP contribution in [0.5, 0.6) is 0 Å². The first kappa shape index (κ1) is 12.0. The second-order valence-corrected chi connectivity index (χ2v) is 4.08. The van der Waals surface area contributed by atoms with Crippen LogP contribution in [0.15, 0.2) is 0 Å². The lowest BCUT2D eigenvalue weighted by atomic mass is 10.00. The van der Waals surface area contributed by atoms with Gasteiger partial charge in [-0.05, 0) is 25.9 Å². The summed E-state index contributed by atoms with van der Waals surface area (Å²) in [6, 6.07) is 0.896. The van der Waals surface area contributed by atoms with Crippen LogP contribution in [-0.4, -0.2) is 48.6 Å². The lowest BCUT2D eigenvalue weighted by Gasteiger charge is -2.43. The average molecular weight is 198 g/mol. The van der Waals surface area contributed by atoms with Gasteiger partial charge in [-0.25, -0.2) is 0 Å². The van der Waals surface area contributed by atoms with Crippen LogP contribution < -0.4 is 0 Å². The van der Waals surface area contributed by atoms with Gasteiger partial charge in [0.25, 0.3) is 0 Å². The fourth-order valence-corrected chi connectivity index (χ4v) is 2.51. The van der Waals surface area contributed by atoms with E-state index in [1.807, 2.05) is 13.8 Å². The van der Waals surface area contributed by atoms with Crippen LogP contribution in [-0.2, 0) is 0 Å². The molecule has 0 N–H and O–H groups in total. The van der Waals surface area contributed by atoms with Gasteiger partial charge in [0.05, 0.1) is 0 Å². The summed E-state index contributed by atoms with van der Waals surface area (Å²) >= 11 is 0. The number of fused-ring (bicyclic) bond motifs is 1. The Labute approximate surface area is 89.3 Å². The van der Waals surface area contributed by atoms with Crippen LogP contribution in [0, 0.1) is 0 Å². The zero-order valence-corrected chi connectivity index (χ0v) is 10.1. The first-order valence-corrected chi connectivity index (χ1v) is 6.36. The fourth-order valence-electron chi connectivity index (χ4n) is 2.51. The van der Waals surface area contributed by atoms with Crippen molar-refractivity contribution in [3.63, 3.8) is 0 Å². The van der Waals surface area contributed by atoms with E-state index in [1.165, 1.54) is 52.0 Å². The normalized spacial score (nSPS) is 28.9. The van der Waals surface area contributed by atoms with Crippen molar-refractivity contribution in [3.05, 3.63) is 0 Å². The van der Waals surface area contributed by atoms with E-state index in [4.69, 9.17) is 0 Å². The molecule has 2 heteroatoms. The molecule has 2 nitrogen and oxygen atoms in total. The Morgan fingerprint density at radius 1 is 1.07 bits per heavy atom. The smallest absolute Gasteiger partial charge is 0.0223 e. The summed E-state index contributed by atoms with van der Waals surface area (Å²) in [5.41, 5.74) is 0. The van der Waals surface area contributed by atoms with Crippen molar-refractivity contribution >= 4 is 0 Å². The van der Waals surface area contributed by atoms with Gasteiger partial charge in [-0.2, -0.15) is 0 Å². The highest BCUT2D eigenvalue weighted by Gasteiger charge is 2.27. The highest BCUT2D eigenvalue weighted by molar-refractivity contribution is 4.84. The van der Waals surface area contributed by atoms with Crippen molar-refractivity contribution in [2.45, 2.75) is 46.1 Å². The summed E-state index contributed by atoms with van der Waals surface area (Å²) in [7, 11) is 0. The second-order valence-electron chi connectivity index (χ2n) is 4.08. The van der Waals surface area contributed by atoms with Gasteiger partial charge in [0, 0.05) is 25.7 Å². The largest absolute Gasteiger partial charge is 0.301 e. The maximum atomic E-state index is 2.69. The summed E-state index contributed by atoms with van der Waals surface area (Å²) in [5.74, 6) is 0. The lowest BCUT2D eigenvalue weighted by molar-refractivity contribution is 0.0522. The third-order valence-electron chi connectivity index (χ3n) is 3.37. The van der Waals surface area contributed by atoms with E-state index in [2.05, 4.69) is 16.7 Å². The van der Waals surface area contributed by atoms with Gasteiger partial charge in [0.1, 0.15) is 0 Å². The fraction of sp³-hybridized carbons (Fsp3) is 1.00. The molecular weight excluding hydrogens is 172 g/mol. The average Bonchev–Trinajstić information content (AvgIpc) is 2.31. The molecule has 2 heterocycles. The van der Waals surface area contributed by atoms with Gasteiger partial charge in [-0.1, -0.05) is 27.2 Å². The van der Waals surface area contributed by atoms with E-state index in [0.29, 0.717) is 0 Å². The minimum Gasteiger partial charge on any atom is -0.301 e. The summed E-state index contributed by atoms with van der Waals surface area (Å²) in [6.07, 6.45) is 4.33. The number of piperazine rings is 1. The molecule has 14 heavy (non-hydrogen) atoms. The van der Waals surface area contributed by atoms with E-state index >= 15 is 0 Å². The zero-order valence-electron chi connectivity index (χ0n) is 10.1. The van der Waals surface area contributed by atoms with Gasteiger partial charge < -0.3 is 4.90 Å². The number of hydrogen-bond acceptors (Lipinski definition) is 2. The Morgan fingerprint density at radius 2 is 1.86 bits per heavy atom. The van der Waals surface area contributed by atoms with Crippen molar-refractivity contribution in [1.82, 2.24) is 9.80 Å². The summed E-state index contributed by atoms with van der Waals surface area (Å²) < 4.78 is 0. The molecule has 2 fully saturated rings. The van der Waals surface area contributed by atoms with Gasteiger partial charge in [-0.15, -0.1) is 0 Å². The Kier molecular flexibility index (Phi) is 5.49. The van der Waals surface area contributed by atoms with E-state index in [0.717, 1.165) is 6.04 Å². The third-order valence-corrected chi connectivity index (χ3v) is 3.37.